The van der Waals surface area contributed by atoms with Gasteiger partial charge in [0, 0.05) is 17.3 Å². The number of thiophene rings is 1. The van der Waals surface area contributed by atoms with Gasteiger partial charge in [-0.05, 0) is 37.3 Å². The molecule has 1 fully saturated rings. The molecule has 6 heteroatoms. The normalized spacial score (nSPS) is 19.2. The van der Waals surface area contributed by atoms with Gasteiger partial charge in [-0.15, -0.1) is 22.9 Å². The average molecular weight is 308 g/mol. The highest BCUT2D eigenvalue weighted by atomic mass is 35.5. The lowest BCUT2D eigenvalue weighted by Gasteiger charge is -2.26. The summed E-state index contributed by atoms with van der Waals surface area (Å²) in [5.74, 6) is 0.527. The molecular weight excluding hydrogens is 290 g/mol. The van der Waals surface area contributed by atoms with Crippen molar-refractivity contribution < 1.29 is 8.42 Å². The molecule has 0 bridgehead atoms. The Bertz CT molecular complexity index is 504. The summed E-state index contributed by atoms with van der Waals surface area (Å²) in [5.41, 5.74) is -0.0407. The van der Waals surface area contributed by atoms with E-state index in [1.54, 1.807) is 6.07 Å². The van der Waals surface area contributed by atoms with E-state index in [4.69, 9.17) is 11.6 Å². The van der Waals surface area contributed by atoms with Crippen LogP contribution in [0.4, 0.5) is 0 Å². The van der Waals surface area contributed by atoms with Crippen molar-refractivity contribution in [3.8, 4) is 0 Å². The second kappa shape index (κ2) is 5.49. The Kier molecular flexibility index (Phi) is 4.36. The molecular formula is C12H18ClNO2S2. The van der Waals surface area contributed by atoms with Crippen molar-refractivity contribution in [2.45, 2.75) is 36.8 Å². The quantitative estimate of drug-likeness (QED) is 0.850. The summed E-state index contributed by atoms with van der Waals surface area (Å²) >= 11 is 7.31. The maximum Gasteiger partial charge on any atom is 0.250 e. The van der Waals surface area contributed by atoms with Crippen LogP contribution in [-0.2, 0) is 10.0 Å². The van der Waals surface area contributed by atoms with Gasteiger partial charge >= 0.3 is 0 Å². The molecule has 1 aromatic rings. The Hall–Kier alpha value is -0.100. The summed E-state index contributed by atoms with van der Waals surface area (Å²) in [7, 11) is -3.37. The highest BCUT2D eigenvalue weighted by molar-refractivity contribution is 7.91. The molecule has 1 N–H and O–H groups in total. The summed E-state index contributed by atoms with van der Waals surface area (Å²) in [6.45, 7) is 2.36. The molecule has 1 aliphatic carbocycles. The summed E-state index contributed by atoms with van der Waals surface area (Å²) < 4.78 is 27.3. The van der Waals surface area contributed by atoms with Gasteiger partial charge in [0.1, 0.15) is 4.21 Å². The first-order valence-electron chi connectivity index (χ1n) is 6.10. The molecule has 1 aliphatic rings. The van der Waals surface area contributed by atoms with E-state index in [0.29, 0.717) is 16.6 Å². The summed E-state index contributed by atoms with van der Waals surface area (Å²) in [5, 5.41) is 0. The van der Waals surface area contributed by atoms with Gasteiger partial charge in [0.2, 0.25) is 10.0 Å². The van der Waals surface area contributed by atoms with Crippen LogP contribution in [0, 0.1) is 12.3 Å². The highest BCUT2D eigenvalue weighted by Crippen LogP contribution is 2.38. The molecule has 0 aromatic carbocycles. The molecule has 1 aromatic heterocycles. The Labute approximate surface area is 118 Å². The van der Waals surface area contributed by atoms with E-state index in [9.17, 15) is 8.42 Å². The van der Waals surface area contributed by atoms with Crippen LogP contribution >= 0.6 is 22.9 Å². The lowest BCUT2D eigenvalue weighted by molar-refractivity contribution is 0.342. The standard InChI is InChI=1S/C12H18ClNO2S2/c1-10-4-5-11(17-10)18(15,16)14-9-12(8-13)6-2-3-7-12/h4-5,14H,2-3,6-9H2,1H3. The van der Waals surface area contributed by atoms with Crippen molar-refractivity contribution in [2.75, 3.05) is 12.4 Å². The van der Waals surface area contributed by atoms with Crippen LogP contribution < -0.4 is 4.72 Å². The number of hydrogen-bond acceptors (Lipinski definition) is 3. The third-order valence-corrected chi connectivity index (χ3v) is 7.03. The first-order chi connectivity index (χ1) is 8.47. The molecule has 18 heavy (non-hydrogen) atoms. The Morgan fingerprint density at radius 3 is 2.56 bits per heavy atom. The Morgan fingerprint density at radius 1 is 1.39 bits per heavy atom. The number of hydrogen-bond donors (Lipinski definition) is 1. The topological polar surface area (TPSA) is 46.2 Å². The predicted molar refractivity (Wildman–Crippen MR) is 75.9 cm³/mol. The minimum Gasteiger partial charge on any atom is -0.210 e. The highest BCUT2D eigenvalue weighted by Gasteiger charge is 2.34. The monoisotopic (exact) mass is 307 g/mol. The Balaban J connectivity index is 2.05. The van der Waals surface area contributed by atoms with Gasteiger partial charge in [0.15, 0.2) is 0 Å². The fraction of sp³-hybridized carbons (Fsp3) is 0.667. The third-order valence-electron chi connectivity index (χ3n) is 3.57. The molecule has 1 heterocycles. The van der Waals surface area contributed by atoms with Crippen LogP contribution in [0.3, 0.4) is 0 Å². The number of aryl methyl sites for hydroxylation is 1. The zero-order chi connectivity index (χ0) is 13.2. The van der Waals surface area contributed by atoms with Gasteiger partial charge in [-0.25, -0.2) is 13.1 Å². The van der Waals surface area contributed by atoms with Crippen molar-refractivity contribution in [1.29, 1.82) is 0 Å². The lowest BCUT2D eigenvalue weighted by atomic mass is 9.89. The third kappa shape index (κ3) is 3.07. The van der Waals surface area contributed by atoms with E-state index in [-0.39, 0.29) is 5.41 Å². The number of rotatable bonds is 5. The molecule has 0 saturated heterocycles. The maximum atomic E-state index is 12.1. The molecule has 1 saturated carbocycles. The van der Waals surface area contributed by atoms with Crippen LogP contribution in [0.5, 0.6) is 0 Å². The predicted octanol–water partition coefficient (Wildman–Crippen LogP) is 3.13. The van der Waals surface area contributed by atoms with Crippen LogP contribution in [0.2, 0.25) is 0 Å². The summed E-state index contributed by atoms with van der Waals surface area (Å²) in [6, 6.07) is 3.48. The van der Waals surface area contributed by atoms with Gasteiger partial charge < -0.3 is 0 Å². The molecule has 2 rings (SSSR count). The average Bonchev–Trinajstić information content (AvgIpc) is 2.96. The van der Waals surface area contributed by atoms with Crippen molar-refractivity contribution in [1.82, 2.24) is 4.72 Å². The smallest absolute Gasteiger partial charge is 0.210 e. The summed E-state index contributed by atoms with van der Waals surface area (Å²) in [6.07, 6.45) is 4.32. The van der Waals surface area contributed by atoms with Crippen LogP contribution in [0.25, 0.3) is 0 Å². The van der Waals surface area contributed by atoms with Crippen molar-refractivity contribution in [2.24, 2.45) is 5.41 Å². The zero-order valence-electron chi connectivity index (χ0n) is 10.4. The lowest BCUT2D eigenvalue weighted by Crippen LogP contribution is -2.36. The van der Waals surface area contributed by atoms with Crippen molar-refractivity contribution >= 4 is 33.0 Å². The first-order valence-corrected chi connectivity index (χ1v) is 8.93. The molecule has 3 nitrogen and oxygen atoms in total. The zero-order valence-corrected chi connectivity index (χ0v) is 12.8. The molecule has 0 unspecified atom stereocenters. The fourth-order valence-electron chi connectivity index (χ4n) is 2.36. The van der Waals surface area contributed by atoms with E-state index < -0.39 is 10.0 Å². The second-order valence-electron chi connectivity index (χ2n) is 5.03. The van der Waals surface area contributed by atoms with E-state index in [2.05, 4.69) is 4.72 Å². The van der Waals surface area contributed by atoms with Crippen LogP contribution in [-0.4, -0.2) is 20.8 Å². The van der Waals surface area contributed by atoms with E-state index >= 15 is 0 Å². The van der Waals surface area contributed by atoms with Crippen molar-refractivity contribution in [3.63, 3.8) is 0 Å². The molecule has 0 spiro atoms. The van der Waals surface area contributed by atoms with Gasteiger partial charge in [0.05, 0.1) is 0 Å². The molecule has 0 atom stereocenters. The maximum absolute atomic E-state index is 12.1. The van der Waals surface area contributed by atoms with E-state index in [1.807, 2.05) is 13.0 Å². The van der Waals surface area contributed by atoms with Crippen molar-refractivity contribution in [3.05, 3.63) is 17.0 Å². The van der Waals surface area contributed by atoms with Gasteiger partial charge in [-0.3, -0.25) is 0 Å². The van der Waals surface area contributed by atoms with Crippen LogP contribution in [0.1, 0.15) is 30.6 Å². The van der Waals surface area contributed by atoms with E-state index in [1.165, 1.54) is 11.3 Å². The number of alkyl halides is 1. The van der Waals surface area contributed by atoms with Gasteiger partial charge in [0.25, 0.3) is 0 Å². The summed E-state index contributed by atoms with van der Waals surface area (Å²) in [4.78, 5) is 1.00. The first kappa shape index (κ1) is 14.3. The van der Waals surface area contributed by atoms with Gasteiger partial charge in [-0.1, -0.05) is 12.8 Å². The number of nitrogens with one attached hydrogen (secondary N) is 1. The molecule has 102 valence electrons. The molecule has 0 amide bonds. The van der Waals surface area contributed by atoms with Crippen LogP contribution in [0.15, 0.2) is 16.3 Å². The number of halogens is 1. The fourth-order valence-corrected chi connectivity index (χ4v) is 5.21. The molecule has 0 radical (unpaired) electrons. The second-order valence-corrected chi connectivity index (χ2v) is 8.58. The van der Waals surface area contributed by atoms with Gasteiger partial charge in [-0.2, -0.15) is 0 Å². The SMILES string of the molecule is Cc1ccc(S(=O)(=O)NCC2(CCl)CCCC2)s1. The minimum absolute atomic E-state index is 0.0407. The largest absolute Gasteiger partial charge is 0.250 e. The molecule has 0 aliphatic heterocycles. The number of sulfonamides is 1. The minimum atomic E-state index is -3.37. The van der Waals surface area contributed by atoms with E-state index in [0.717, 1.165) is 30.6 Å². The Morgan fingerprint density at radius 2 is 2.06 bits per heavy atom.